The van der Waals surface area contributed by atoms with Crippen LogP contribution in [0.1, 0.15) is 24.0 Å². The van der Waals surface area contributed by atoms with Gasteiger partial charge in [0.15, 0.2) is 0 Å². The third-order valence-corrected chi connectivity index (χ3v) is 3.96. The molecule has 0 radical (unpaired) electrons. The fourth-order valence-corrected chi connectivity index (χ4v) is 2.76. The number of thiophene rings is 1. The Morgan fingerprint density at radius 3 is 2.70 bits per heavy atom. The molecule has 1 amide bonds. The number of amides is 1. The molecular formula is C16H19NO2S. The molecule has 2 atom stereocenters. The van der Waals surface area contributed by atoms with Crippen LogP contribution in [-0.2, 0) is 11.2 Å². The maximum atomic E-state index is 12.0. The van der Waals surface area contributed by atoms with Crippen LogP contribution in [0, 0.1) is 0 Å². The number of rotatable bonds is 6. The molecule has 2 N–H and O–H groups in total. The number of benzene rings is 1. The monoisotopic (exact) mass is 289 g/mol. The summed E-state index contributed by atoms with van der Waals surface area (Å²) in [4.78, 5) is 12.0. The summed E-state index contributed by atoms with van der Waals surface area (Å²) >= 11 is 1.58. The maximum Gasteiger partial charge on any atom is 0.227 e. The van der Waals surface area contributed by atoms with Gasteiger partial charge in [-0.15, -0.1) is 0 Å². The van der Waals surface area contributed by atoms with E-state index in [0.29, 0.717) is 6.42 Å². The van der Waals surface area contributed by atoms with Crippen molar-refractivity contribution in [2.45, 2.75) is 25.4 Å². The first-order valence-electron chi connectivity index (χ1n) is 6.68. The second-order valence-electron chi connectivity index (χ2n) is 4.87. The molecule has 3 nitrogen and oxygen atoms in total. The van der Waals surface area contributed by atoms with E-state index in [0.717, 1.165) is 11.1 Å². The van der Waals surface area contributed by atoms with E-state index in [2.05, 4.69) is 5.32 Å². The lowest BCUT2D eigenvalue weighted by Gasteiger charge is -2.14. The third-order valence-electron chi connectivity index (χ3n) is 3.26. The van der Waals surface area contributed by atoms with Gasteiger partial charge in [0.1, 0.15) is 0 Å². The number of aliphatic hydroxyl groups is 1. The average molecular weight is 289 g/mol. The van der Waals surface area contributed by atoms with E-state index < -0.39 is 6.10 Å². The van der Waals surface area contributed by atoms with E-state index in [1.165, 1.54) is 0 Å². The van der Waals surface area contributed by atoms with Crippen molar-refractivity contribution in [2.75, 3.05) is 6.54 Å². The molecule has 0 aliphatic rings. The summed E-state index contributed by atoms with van der Waals surface area (Å²) in [5.74, 6) is -0.222. The minimum Gasteiger partial charge on any atom is -0.391 e. The van der Waals surface area contributed by atoms with Crippen molar-refractivity contribution in [3.8, 4) is 0 Å². The van der Waals surface area contributed by atoms with Crippen LogP contribution >= 0.6 is 11.3 Å². The van der Waals surface area contributed by atoms with E-state index in [1.807, 2.05) is 54.1 Å². The zero-order valence-corrected chi connectivity index (χ0v) is 12.3. The van der Waals surface area contributed by atoms with Crippen molar-refractivity contribution in [3.05, 3.63) is 58.3 Å². The van der Waals surface area contributed by atoms with Gasteiger partial charge in [0.2, 0.25) is 5.91 Å². The standard InChI is InChI=1S/C16H19NO2S/c1-12(14-7-8-20-11-14)16(19)17-10-15(18)9-13-5-3-2-4-6-13/h2-8,11-12,15,18H,9-10H2,1H3,(H,17,19). The van der Waals surface area contributed by atoms with Crippen LogP contribution in [0.2, 0.25) is 0 Å². The summed E-state index contributed by atoms with van der Waals surface area (Å²) in [5.41, 5.74) is 2.09. The molecule has 20 heavy (non-hydrogen) atoms. The molecule has 106 valence electrons. The lowest BCUT2D eigenvalue weighted by atomic mass is 10.0. The number of carbonyl (C=O) groups excluding carboxylic acids is 1. The van der Waals surface area contributed by atoms with Gasteiger partial charge in [0.25, 0.3) is 0 Å². The Morgan fingerprint density at radius 2 is 2.05 bits per heavy atom. The second-order valence-corrected chi connectivity index (χ2v) is 5.65. The fourth-order valence-electron chi connectivity index (χ4n) is 2.00. The molecule has 0 bridgehead atoms. The molecule has 0 saturated heterocycles. The van der Waals surface area contributed by atoms with Crippen LogP contribution in [0.5, 0.6) is 0 Å². The molecule has 1 aromatic carbocycles. The number of hydrogen-bond acceptors (Lipinski definition) is 3. The molecule has 2 unspecified atom stereocenters. The van der Waals surface area contributed by atoms with Crippen LogP contribution in [0.4, 0.5) is 0 Å². The fraction of sp³-hybridized carbons (Fsp3) is 0.312. The Balaban J connectivity index is 1.78. The summed E-state index contributed by atoms with van der Waals surface area (Å²) in [7, 11) is 0. The van der Waals surface area contributed by atoms with Crippen molar-refractivity contribution in [2.24, 2.45) is 0 Å². The van der Waals surface area contributed by atoms with Gasteiger partial charge in [-0.3, -0.25) is 4.79 Å². The van der Waals surface area contributed by atoms with Gasteiger partial charge in [0.05, 0.1) is 12.0 Å². The molecule has 1 aromatic heterocycles. The summed E-state index contributed by atoms with van der Waals surface area (Å²) in [6.45, 7) is 2.16. The highest BCUT2D eigenvalue weighted by Crippen LogP contribution is 2.18. The predicted molar refractivity (Wildman–Crippen MR) is 81.9 cm³/mol. The Morgan fingerprint density at radius 1 is 1.30 bits per heavy atom. The number of aliphatic hydroxyl groups excluding tert-OH is 1. The van der Waals surface area contributed by atoms with Crippen molar-refractivity contribution < 1.29 is 9.90 Å². The second kappa shape index (κ2) is 7.22. The number of hydrogen-bond donors (Lipinski definition) is 2. The largest absolute Gasteiger partial charge is 0.391 e. The van der Waals surface area contributed by atoms with E-state index in [-0.39, 0.29) is 18.4 Å². The first-order valence-corrected chi connectivity index (χ1v) is 7.63. The quantitative estimate of drug-likeness (QED) is 0.858. The summed E-state index contributed by atoms with van der Waals surface area (Å²) in [6, 6.07) is 11.7. The highest BCUT2D eigenvalue weighted by Gasteiger charge is 2.16. The first-order chi connectivity index (χ1) is 9.66. The Kier molecular flexibility index (Phi) is 5.32. The Hall–Kier alpha value is -1.65. The van der Waals surface area contributed by atoms with Gasteiger partial charge in [-0.05, 0) is 34.9 Å². The molecule has 0 aliphatic carbocycles. The van der Waals surface area contributed by atoms with Gasteiger partial charge in [0, 0.05) is 13.0 Å². The topological polar surface area (TPSA) is 49.3 Å². The zero-order chi connectivity index (χ0) is 14.4. The van der Waals surface area contributed by atoms with Gasteiger partial charge in [-0.25, -0.2) is 0 Å². The molecular weight excluding hydrogens is 270 g/mol. The first kappa shape index (κ1) is 14.8. The molecule has 2 aromatic rings. The van der Waals surface area contributed by atoms with Gasteiger partial charge >= 0.3 is 0 Å². The minimum absolute atomic E-state index is 0.0458. The molecule has 0 fully saturated rings. The van der Waals surface area contributed by atoms with Crippen molar-refractivity contribution in [3.63, 3.8) is 0 Å². The molecule has 0 aliphatic heterocycles. The lowest BCUT2D eigenvalue weighted by molar-refractivity contribution is -0.122. The predicted octanol–water partition coefficient (Wildman–Crippen LogP) is 2.57. The highest BCUT2D eigenvalue weighted by molar-refractivity contribution is 7.08. The minimum atomic E-state index is -0.559. The average Bonchev–Trinajstić information content (AvgIpc) is 2.99. The summed E-state index contributed by atoms with van der Waals surface area (Å²) in [6.07, 6.45) is -0.00968. The van der Waals surface area contributed by atoms with Crippen LogP contribution in [0.15, 0.2) is 47.2 Å². The number of nitrogens with one attached hydrogen (secondary N) is 1. The summed E-state index contributed by atoms with van der Waals surface area (Å²) in [5, 5.41) is 16.7. The van der Waals surface area contributed by atoms with Gasteiger partial charge in [-0.1, -0.05) is 30.3 Å². The van der Waals surface area contributed by atoms with E-state index >= 15 is 0 Å². The summed E-state index contributed by atoms with van der Waals surface area (Å²) < 4.78 is 0. The SMILES string of the molecule is CC(C(=O)NCC(O)Cc1ccccc1)c1ccsc1. The molecule has 1 heterocycles. The van der Waals surface area contributed by atoms with Crippen molar-refractivity contribution in [1.29, 1.82) is 0 Å². The molecule has 4 heteroatoms. The zero-order valence-electron chi connectivity index (χ0n) is 11.5. The Labute approximate surface area is 123 Å². The normalized spacial score (nSPS) is 13.7. The van der Waals surface area contributed by atoms with Crippen molar-refractivity contribution >= 4 is 17.2 Å². The third kappa shape index (κ3) is 4.18. The lowest BCUT2D eigenvalue weighted by Crippen LogP contribution is -2.35. The van der Waals surface area contributed by atoms with Crippen LogP contribution < -0.4 is 5.32 Å². The highest BCUT2D eigenvalue weighted by atomic mass is 32.1. The van der Waals surface area contributed by atoms with Crippen molar-refractivity contribution in [1.82, 2.24) is 5.32 Å². The number of carbonyl (C=O) groups is 1. The molecule has 0 saturated carbocycles. The van der Waals surface area contributed by atoms with Gasteiger partial charge in [-0.2, -0.15) is 11.3 Å². The van der Waals surface area contributed by atoms with Crippen LogP contribution in [-0.4, -0.2) is 23.7 Å². The molecule has 0 spiro atoms. The smallest absolute Gasteiger partial charge is 0.227 e. The van der Waals surface area contributed by atoms with Crippen LogP contribution in [0.3, 0.4) is 0 Å². The van der Waals surface area contributed by atoms with E-state index in [9.17, 15) is 9.90 Å². The maximum absolute atomic E-state index is 12.0. The van der Waals surface area contributed by atoms with Gasteiger partial charge < -0.3 is 10.4 Å². The Bertz CT molecular complexity index is 525. The van der Waals surface area contributed by atoms with E-state index in [4.69, 9.17) is 0 Å². The van der Waals surface area contributed by atoms with E-state index in [1.54, 1.807) is 11.3 Å². The molecule has 2 rings (SSSR count). The van der Waals surface area contributed by atoms with Crippen LogP contribution in [0.25, 0.3) is 0 Å².